The highest BCUT2D eigenvalue weighted by molar-refractivity contribution is 5.90. The Morgan fingerprint density at radius 2 is 2.29 bits per heavy atom. The fraction of sp³-hybridized carbons (Fsp3) is 0.111. The second-order valence-electron chi connectivity index (χ2n) is 2.43. The molecule has 1 rings (SSSR count). The van der Waals surface area contributed by atoms with Gasteiger partial charge in [0.2, 0.25) is 0 Å². The second kappa shape index (κ2) is 4.14. The molecular weight excluding hydrogens is 184 g/mol. The van der Waals surface area contributed by atoms with Crippen LogP contribution in [0.2, 0.25) is 0 Å². The molecule has 0 bridgehead atoms. The maximum atomic E-state index is 11.0. The zero-order valence-corrected chi connectivity index (χ0v) is 7.35. The molecule has 1 aromatic rings. The lowest BCUT2D eigenvalue weighted by atomic mass is 10.1. The Kier molecular flexibility index (Phi) is 2.92. The molecule has 1 aromatic carbocycles. The van der Waals surface area contributed by atoms with Crippen LogP contribution in [0.3, 0.4) is 0 Å². The number of nitrogens with zero attached hydrogens (tertiary/aromatic N) is 2. The van der Waals surface area contributed by atoms with Crippen LogP contribution in [0.5, 0.6) is 0 Å². The number of esters is 1. The number of hydrogen-bond acceptors (Lipinski definition) is 5. The molecule has 0 heterocycles. The summed E-state index contributed by atoms with van der Waals surface area (Å²) in [6.45, 7) is 0. The van der Waals surface area contributed by atoms with Crippen LogP contribution < -0.4 is 0 Å². The Hall–Kier alpha value is -2.22. The van der Waals surface area contributed by atoms with Crippen molar-refractivity contribution in [3.8, 4) is 6.07 Å². The van der Waals surface area contributed by atoms with Crippen molar-refractivity contribution >= 4 is 11.7 Å². The minimum atomic E-state index is -0.557. The number of nitroso groups, excluding NO2 is 1. The van der Waals surface area contributed by atoms with Crippen LogP contribution in [0.4, 0.5) is 5.69 Å². The molecule has 5 heteroatoms. The van der Waals surface area contributed by atoms with Gasteiger partial charge < -0.3 is 4.74 Å². The predicted octanol–water partition coefficient (Wildman–Crippen LogP) is 1.74. The Morgan fingerprint density at radius 3 is 2.79 bits per heavy atom. The zero-order chi connectivity index (χ0) is 10.6. The summed E-state index contributed by atoms with van der Waals surface area (Å²) in [6.07, 6.45) is 0. The molecule has 5 nitrogen and oxygen atoms in total. The van der Waals surface area contributed by atoms with E-state index in [2.05, 4.69) is 9.91 Å². The summed E-state index contributed by atoms with van der Waals surface area (Å²) in [5.41, 5.74) is 0.291. The van der Waals surface area contributed by atoms with Gasteiger partial charge in [-0.3, -0.25) is 0 Å². The molecule has 0 radical (unpaired) electrons. The standard InChI is InChI=1S/C9H6N2O3/c1-14-9(12)6-2-3-8(11-13)7(4-6)5-10/h2-4H,1H3. The zero-order valence-electron chi connectivity index (χ0n) is 7.35. The predicted molar refractivity (Wildman–Crippen MR) is 48.0 cm³/mol. The number of hydrogen-bond donors (Lipinski definition) is 0. The summed E-state index contributed by atoms with van der Waals surface area (Å²) in [5.74, 6) is -0.557. The number of methoxy groups -OCH3 is 1. The van der Waals surface area contributed by atoms with Crippen molar-refractivity contribution < 1.29 is 9.53 Å². The van der Waals surface area contributed by atoms with Crippen LogP contribution in [0.25, 0.3) is 0 Å². The van der Waals surface area contributed by atoms with Gasteiger partial charge in [0.15, 0.2) is 0 Å². The molecule has 0 aliphatic heterocycles. The molecule has 0 aliphatic carbocycles. The highest BCUT2D eigenvalue weighted by atomic mass is 16.5. The monoisotopic (exact) mass is 190 g/mol. The van der Waals surface area contributed by atoms with Crippen molar-refractivity contribution in [2.45, 2.75) is 0 Å². The molecule has 0 saturated carbocycles. The normalized spacial score (nSPS) is 8.86. The molecule has 70 valence electrons. The lowest BCUT2D eigenvalue weighted by molar-refractivity contribution is 0.0600. The average molecular weight is 190 g/mol. The van der Waals surface area contributed by atoms with Gasteiger partial charge in [0.1, 0.15) is 11.8 Å². The third kappa shape index (κ3) is 1.75. The third-order valence-electron chi connectivity index (χ3n) is 1.64. The summed E-state index contributed by atoms with van der Waals surface area (Å²) in [5, 5.41) is 11.3. The van der Waals surface area contributed by atoms with Gasteiger partial charge in [-0.1, -0.05) is 0 Å². The van der Waals surface area contributed by atoms with E-state index in [0.717, 1.165) is 0 Å². The second-order valence-corrected chi connectivity index (χ2v) is 2.43. The van der Waals surface area contributed by atoms with Crippen LogP contribution in [0, 0.1) is 16.2 Å². The van der Waals surface area contributed by atoms with Gasteiger partial charge in [-0.25, -0.2) is 4.79 Å². The summed E-state index contributed by atoms with van der Waals surface area (Å²) in [7, 11) is 1.24. The van der Waals surface area contributed by atoms with E-state index in [-0.39, 0.29) is 16.8 Å². The molecule has 0 fully saturated rings. The SMILES string of the molecule is COC(=O)c1ccc(N=O)c(C#N)c1. The topological polar surface area (TPSA) is 79.5 Å². The van der Waals surface area contributed by atoms with Crippen molar-refractivity contribution in [3.63, 3.8) is 0 Å². The Balaban J connectivity index is 3.22. The molecule has 0 atom stereocenters. The highest BCUT2D eigenvalue weighted by Gasteiger charge is 2.09. The number of benzene rings is 1. The first-order chi connectivity index (χ1) is 6.72. The first-order valence-corrected chi connectivity index (χ1v) is 3.68. The minimum Gasteiger partial charge on any atom is -0.465 e. The fourth-order valence-electron chi connectivity index (χ4n) is 0.950. The molecule has 0 aliphatic rings. The van der Waals surface area contributed by atoms with Crippen molar-refractivity contribution in [2.75, 3.05) is 7.11 Å². The van der Waals surface area contributed by atoms with Crippen molar-refractivity contribution in [3.05, 3.63) is 34.2 Å². The summed E-state index contributed by atoms with van der Waals surface area (Å²) < 4.78 is 4.45. The van der Waals surface area contributed by atoms with E-state index in [0.29, 0.717) is 0 Å². The third-order valence-corrected chi connectivity index (χ3v) is 1.64. The smallest absolute Gasteiger partial charge is 0.337 e. The van der Waals surface area contributed by atoms with E-state index in [1.54, 1.807) is 6.07 Å². The number of carbonyl (C=O) groups excluding carboxylic acids is 1. The van der Waals surface area contributed by atoms with E-state index >= 15 is 0 Å². The van der Waals surface area contributed by atoms with E-state index in [1.165, 1.54) is 25.3 Å². The van der Waals surface area contributed by atoms with Crippen molar-refractivity contribution in [1.29, 1.82) is 5.26 Å². The lowest BCUT2D eigenvalue weighted by Gasteiger charge is -1.99. The number of ether oxygens (including phenoxy) is 1. The number of carbonyl (C=O) groups is 1. The molecule has 0 N–H and O–H groups in total. The Morgan fingerprint density at radius 1 is 1.57 bits per heavy atom. The van der Waals surface area contributed by atoms with Crippen molar-refractivity contribution in [1.82, 2.24) is 0 Å². The Bertz CT molecular complexity index is 421. The van der Waals surface area contributed by atoms with Gasteiger partial charge in [0.05, 0.1) is 18.2 Å². The van der Waals surface area contributed by atoms with Crippen molar-refractivity contribution in [2.24, 2.45) is 5.18 Å². The summed E-state index contributed by atoms with van der Waals surface area (Å²) in [6, 6.07) is 5.71. The summed E-state index contributed by atoms with van der Waals surface area (Å²) in [4.78, 5) is 21.3. The van der Waals surface area contributed by atoms with Gasteiger partial charge in [0, 0.05) is 0 Å². The largest absolute Gasteiger partial charge is 0.465 e. The maximum absolute atomic E-state index is 11.0. The van der Waals surface area contributed by atoms with Gasteiger partial charge >= 0.3 is 5.97 Å². The first kappa shape index (κ1) is 9.86. The van der Waals surface area contributed by atoms with Crippen LogP contribution in [0.1, 0.15) is 15.9 Å². The average Bonchev–Trinajstić information content (AvgIpc) is 2.26. The fourth-order valence-corrected chi connectivity index (χ4v) is 0.950. The molecule has 0 aromatic heterocycles. The maximum Gasteiger partial charge on any atom is 0.337 e. The van der Waals surface area contributed by atoms with Gasteiger partial charge in [-0.15, -0.1) is 4.91 Å². The molecule has 0 unspecified atom stereocenters. The molecular formula is C9H6N2O3. The van der Waals surface area contributed by atoms with Gasteiger partial charge in [0.25, 0.3) is 0 Å². The minimum absolute atomic E-state index is 0.0140. The van der Waals surface area contributed by atoms with E-state index in [1.807, 2.05) is 0 Å². The molecule has 0 spiro atoms. The highest BCUT2D eigenvalue weighted by Crippen LogP contribution is 2.19. The number of nitriles is 1. The first-order valence-electron chi connectivity index (χ1n) is 3.68. The van der Waals surface area contributed by atoms with E-state index in [9.17, 15) is 9.70 Å². The molecule has 14 heavy (non-hydrogen) atoms. The van der Waals surface area contributed by atoms with Gasteiger partial charge in [-0.2, -0.15) is 5.26 Å². The van der Waals surface area contributed by atoms with Crippen LogP contribution in [-0.2, 0) is 4.74 Å². The van der Waals surface area contributed by atoms with Gasteiger partial charge in [-0.05, 0) is 23.4 Å². The summed E-state index contributed by atoms with van der Waals surface area (Å²) >= 11 is 0. The van der Waals surface area contributed by atoms with E-state index < -0.39 is 5.97 Å². The lowest BCUT2D eigenvalue weighted by Crippen LogP contribution is -2.01. The molecule has 0 amide bonds. The quantitative estimate of drug-likeness (QED) is 0.525. The number of rotatable bonds is 2. The van der Waals surface area contributed by atoms with E-state index in [4.69, 9.17) is 5.26 Å². The van der Waals surface area contributed by atoms with Crippen LogP contribution in [0.15, 0.2) is 23.4 Å². The molecule has 0 saturated heterocycles. The Labute approximate surface area is 79.9 Å². The van der Waals surface area contributed by atoms with Crippen LogP contribution >= 0.6 is 0 Å². The van der Waals surface area contributed by atoms with Crippen LogP contribution in [-0.4, -0.2) is 13.1 Å².